The van der Waals surface area contributed by atoms with E-state index in [1.807, 2.05) is 25.1 Å². The largest absolute Gasteiger partial charge is 0.496 e. The van der Waals surface area contributed by atoms with Gasteiger partial charge < -0.3 is 9.64 Å². The number of carbonyl (C=O) groups is 1. The van der Waals surface area contributed by atoms with Crippen LogP contribution in [0, 0.1) is 6.92 Å². The molecule has 0 fully saturated rings. The second kappa shape index (κ2) is 10.8. The third kappa shape index (κ3) is 5.43. The molecule has 0 atom stereocenters. The molecule has 0 bridgehead atoms. The number of amides is 1. The first-order valence-corrected chi connectivity index (χ1v) is 12.4. The molecule has 0 heterocycles. The summed E-state index contributed by atoms with van der Waals surface area (Å²) in [6.07, 6.45) is 1.49. The Bertz CT molecular complexity index is 1310. The van der Waals surface area contributed by atoms with Crippen LogP contribution in [0.4, 0.5) is 5.69 Å². The maximum atomic E-state index is 13.5. The lowest BCUT2D eigenvalue weighted by molar-refractivity contribution is 0.0784. The van der Waals surface area contributed by atoms with Crippen molar-refractivity contribution in [2.45, 2.75) is 18.4 Å². The number of para-hydroxylation sites is 1. The Balaban J connectivity index is 1.92. The van der Waals surface area contributed by atoms with Gasteiger partial charge in [0.05, 0.1) is 29.3 Å². The van der Waals surface area contributed by atoms with Crippen molar-refractivity contribution in [3.05, 3.63) is 101 Å². The number of sulfonamides is 1. The van der Waals surface area contributed by atoms with Crippen LogP contribution >= 0.6 is 11.6 Å². The first kappa shape index (κ1) is 25.3. The number of rotatable bonds is 9. The Kier molecular flexibility index (Phi) is 8.02. The summed E-state index contributed by atoms with van der Waals surface area (Å²) in [5.74, 6) is 0.370. The number of ether oxygens (including phenoxy) is 1. The van der Waals surface area contributed by atoms with Crippen molar-refractivity contribution in [2.24, 2.45) is 0 Å². The van der Waals surface area contributed by atoms with E-state index in [-0.39, 0.29) is 22.9 Å². The molecule has 0 aromatic heterocycles. The van der Waals surface area contributed by atoms with Gasteiger partial charge >= 0.3 is 0 Å². The highest BCUT2D eigenvalue weighted by Crippen LogP contribution is 2.30. The normalized spacial score (nSPS) is 11.1. The zero-order valence-corrected chi connectivity index (χ0v) is 20.9. The highest BCUT2D eigenvalue weighted by molar-refractivity contribution is 7.92. The number of hydrogen-bond donors (Lipinski definition) is 0. The van der Waals surface area contributed by atoms with Crippen LogP contribution in [0.1, 0.15) is 21.5 Å². The van der Waals surface area contributed by atoms with Crippen LogP contribution < -0.4 is 9.04 Å². The van der Waals surface area contributed by atoms with E-state index in [0.29, 0.717) is 23.0 Å². The highest BCUT2D eigenvalue weighted by atomic mass is 35.5. The molecule has 0 spiro atoms. The van der Waals surface area contributed by atoms with E-state index in [9.17, 15) is 13.2 Å². The van der Waals surface area contributed by atoms with Crippen molar-refractivity contribution in [1.82, 2.24) is 4.90 Å². The minimum atomic E-state index is -4.01. The molecule has 34 heavy (non-hydrogen) atoms. The lowest BCUT2D eigenvalue weighted by atomic mass is 10.1. The zero-order chi connectivity index (χ0) is 24.9. The average molecular weight is 499 g/mol. The molecule has 0 saturated carbocycles. The first-order valence-electron chi connectivity index (χ1n) is 10.6. The SMILES string of the molecule is C=CCN(c1ccccc1Cl)S(=O)(=O)c1cccc(C(=O)N(C)Cc2cc(C)ccc2OC)c1. The summed E-state index contributed by atoms with van der Waals surface area (Å²) in [5, 5.41) is 0.298. The van der Waals surface area contributed by atoms with Crippen molar-refractivity contribution in [2.75, 3.05) is 25.0 Å². The van der Waals surface area contributed by atoms with Crippen molar-refractivity contribution >= 4 is 33.2 Å². The molecule has 8 heteroatoms. The van der Waals surface area contributed by atoms with E-state index < -0.39 is 10.0 Å². The Hall–Kier alpha value is -3.29. The van der Waals surface area contributed by atoms with Gasteiger partial charge in [-0.15, -0.1) is 6.58 Å². The molecule has 1 amide bonds. The van der Waals surface area contributed by atoms with Crippen LogP contribution in [0.25, 0.3) is 0 Å². The number of halogens is 1. The molecule has 0 saturated heterocycles. The van der Waals surface area contributed by atoms with Gasteiger partial charge in [-0.1, -0.05) is 53.6 Å². The number of anilines is 1. The molecule has 6 nitrogen and oxygen atoms in total. The second-order valence-corrected chi connectivity index (χ2v) is 10.1. The maximum Gasteiger partial charge on any atom is 0.264 e. The molecular weight excluding hydrogens is 472 g/mol. The van der Waals surface area contributed by atoms with Gasteiger partial charge in [-0.25, -0.2) is 8.42 Å². The summed E-state index contributed by atoms with van der Waals surface area (Å²) in [5.41, 5.74) is 2.50. The van der Waals surface area contributed by atoms with Gasteiger partial charge in [-0.05, 0) is 43.3 Å². The van der Waals surface area contributed by atoms with E-state index in [0.717, 1.165) is 11.1 Å². The number of aryl methyl sites for hydroxylation is 1. The van der Waals surface area contributed by atoms with Gasteiger partial charge in [-0.3, -0.25) is 9.10 Å². The van der Waals surface area contributed by atoms with Gasteiger partial charge in [0, 0.05) is 24.7 Å². The van der Waals surface area contributed by atoms with Crippen LogP contribution in [0.2, 0.25) is 5.02 Å². The summed E-state index contributed by atoms with van der Waals surface area (Å²) in [6, 6.07) is 18.4. The maximum absolute atomic E-state index is 13.5. The summed E-state index contributed by atoms with van der Waals surface area (Å²) < 4.78 is 33.6. The molecule has 0 aliphatic heterocycles. The minimum Gasteiger partial charge on any atom is -0.496 e. The molecule has 0 radical (unpaired) electrons. The lowest BCUT2D eigenvalue weighted by Gasteiger charge is -2.24. The first-order chi connectivity index (χ1) is 16.2. The molecule has 178 valence electrons. The summed E-state index contributed by atoms with van der Waals surface area (Å²) in [4.78, 5) is 14.7. The molecule has 3 aromatic carbocycles. The Morgan fingerprint density at radius 2 is 1.82 bits per heavy atom. The van der Waals surface area contributed by atoms with E-state index in [2.05, 4.69) is 6.58 Å². The molecule has 0 aliphatic carbocycles. The Labute approximate surface area is 206 Å². The summed E-state index contributed by atoms with van der Waals surface area (Å²) >= 11 is 6.27. The topological polar surface area (TPSA) is 66.9 Å². The molecule has 3 aromatic rings. The van der Waals surface area contributed by atoms with Crippen molar-refractivity contribution in [1.29, 1.82) is 0 Å². The quantitative estimate of drug-likeness (QED) is 0.375. The number of benzene rings is 3. The predicted octanol–water partition coefficient (Wildman–Crippen LogP) is 5.31. The van der Waals surface area contributed by atoms with Crippen molar-refractivity contribution in [3.8, 4) is 5.75 Å². The molecule has 0 unspecified atom stereocenters. The molecular formula is C26H27ClN2O4S. The zero-order valence-electron chi connectivity index (χ0n) is 19.4. The van der Waals surface area contributed by atoms with E-state index >= 15 is 0 Å². The third-order valence-electron chi connectivity index (χ3n) is 5.28. The van der Waals surface area contributed by atoms with E-state index in [4.69, 9.17) is 16.3 Å². The Morgan fingerprint density at radius 3 is 2.50 bits per heavy atom. The van der Waals surface area contributed by atoms with Gasteiger partial charge in [0.1, 0.15) is 5.75 Å². The number of nitrogens with zero attached hydrogens (tertiary/aromatic N) is 2. The highest BCUT2D eigenvalue weighted by Gasteiger charge is 2.27. The number of methoxy groups -OCH3 is 1. The number of hydrogen-bond acceptors (Lipinski definition) is 4. The van der Waals surface area contributed by atoms with Gasteiger partial charge in [0.25, 0.3) is 15.9 Å². The van der Waals surface area contributed by atoms with Crippen LogP contribution in [0.5, 0.6) is 5.75 Å². The Morgan fingerprint density at radius 1 is 1.09 bits per heavy atom. The van der Waals surface area contributed by atoms with Crippen molar-refractivity contribution in [3.63, 3.8) is 0 Å². The predicted molar refractivity (Wildman–Crippen MR) is 136 cm³/mol. The van der Waals surface area contributed by atoms with Gasteiger partial charge in [0.2, 0.25) is 0 Å². The van der Waals surface area contributed by atoms with Crippen LogP contribution in [-0.4, -0.2) is 39.9 Å². The standard InChI is InChI=1S/C26H27ClN2O4S/c1-5-15-29(24-12-7-6-11-23(24)27)34(31,32)22-10-8-9-20(17-22)26(30)28(3)18-21-16-19(2)13-14-25(21)33-4/h5-14,16-17H,1,15,18H2,2-4H3. The van der Waals surface area contributed by atoms with Crippen LogP contribution in [-0.2, 0) is 16.6 Å². The average Bonchev–Trinajstić information content (AvgIpc) is 2.82. The van der Waals surface area contributed by atoms with Crippen LogP contribution in [0.15, 0.2) is 84.3 Å². The smallest absolute Gasteiger partial charge is 0.264 e. The van der Waals surface area contributed by atoms with Crippen LogP contribution in [0.3, 0.4) is 0 Å². The molecule has 3 rings (SSSR count). The van der Waals surface area contributed by atoms with Gasteiger partial charge in [-0.2, -0.15) is 0 Å². The monoisotopic (exact) mass is 498 g/mol. The second-order valence-electron chi connectivity index (χ2n) is 7.78. The lowest BCUT2D eigenvalue weighted by Crippen LogP contribution is -2.32. The fourth-order valence-electron chi connectivity index (χ4n) is 3.59. The van der Waals surface area contributed by atoms with Gasteiger partial charge in [0.15, 0.2) is 0 Å². The molecule has 0 N–H and O–H groups in total. The fourth-order valence-corrected chi connectivity index (χ4v) is 5.38. The van der Waals surface area contributed by atoms with E-state index in [1.54, 1.807) is 50.6 Å². The van der Waals surface area contributed by atoms with Crippen molar-refractivity contribution < 1.29 is 17.9 Å². The molecule has 0 aliphatic rings. The van der Waals surface area contributed by atoms with E-state index in [1.165, 1.54) is 27.4 Å². The number of carbonyl (C=O) groups excluding carboxylic acids is 1. The third-order valence-corrected chi connectivity index (χ3v) is 7.37. The summed E-state index contributed by atoms with van der Waals surface area (Å²) in [7, 11) is -0.761. The fraction of sp³-hybridized carbons (Fsp3) is 0.192. The minimum absolute atomic E-state index is 0.0124. The summed E-state index contributed by atoms with van der Waals surface area (Å²) in [6.45, 7) is 5.97.